The average Bonchev–Trinajstić information content (AvgIpc) is 3.02. The molecule has 1 aromatic heterocycles. The highest BCUT2D eigenvalue weighted by atomic mass is 32.1. The highest BCUT2D eigenvalue weighted by Gasteiger charge is 2.09. The molecule has 2 aromatic rings. The van der Waals surface area contributed by atoms with Gasteiger partial charge in [0.05, 0.1) is 7.11 Å². The SMILES string of the molecule is COC(=O)CCCCCC(=O)Nc1nnc(Cc2ccccc2)s1. The summed E-state index contributed by atoms with van der Waals surface area (Å²) in [7, 11) is 1.38. The molecule has 1 amide bonds. The number of hydrogen-bond donors (Lipinski definition) is 1. The van der Waals surface area contributed by atoms with Crippen LogP contribution in [0.15, 0.2) is 30.3 Å². The first-order chi connectivity index (χ1) is 11.7. The molecule has 0 saturated heterocycles. The van der Waals surface area contributed by atoms with Gasteiger partial charge in [-0.15, -0.1) is 10.2 Å². The molecule has 0 spiro atoms. The Morgan fingerprint density at radius 1 is 1.08 bits per heavy atom. The van der Waals surface area contributed by atoms with E-state index in [0.29, 0.717) is 24.4 Å². The van der Waals surface area contributed by atoms with Gasteiger partial charge >= 0.3 is 5.97 Å². The summed E-state index contributed by atoms with van der Waals surface area (Å²) in [4.78, 5) is 22.8. The van der Waals surface area contributed by atoms with E-state index in [1.54, 1.807) is 0 Å². The molecule has 0 aliphatic heterocycles. The maximum absolute atomic E-state index is 11.9. The molecule has 6 nitrogen and oxygen atoms in total. The van der Waals surface area contributed by atoms with E-state index in [9.17, 15) is 9.59 Å². The van der Waals surface area contributed by atoms with Crippen molar-refractivity contribution >= 4 is 28.3 Å². The second kappa shape index (κ2) is 9.77. The maximum Gasteiger partial charge on any atom is 0.305 e. The van der Waals surface area contributed by atoms with Crippen molar-refractivity contribution in [1.82, 2.24) is 10.2 Å². The van der Waals surface area contributed by atoms with Gasteiger partial charge in [0.2, 0.25) is 11.0 Å². The predicted octanol–water partition coefficient (Wildman–Crippen LogP) is 3.19. The topological polar surface area (TPSA) is 81.2 Å². The summed E-state index contributed by atoms with van der Waals surface area (Å²) in [6.45, 7) is 0. The summed E-state index contributed by atoms with van der Waals surface area (Å²) in [5, 5.41) is 12.3. The molecule has 0 aliphatic rings. The lowest BCUT2D eigenvalue weighted by molar-refractivity contribution is -0.140. The Bertz CT molecular complexity index is 658. The van der Waals surface area contributed by atoms with Gasteiger partial charge in [-0.3, -0.25) is 9.59 Å². The molecule has 0 fully saturated rings. The van der Waals surface area contributed by atoms with Crippen LogP contribution in [-0.2, 0) is 20.7 Å². The number of carbonyl (C=O) groups excluding carboxylic acids is 2. The van der Waals surface area contributed by atoms with Gasteiger partial charge in [0.1, 0.15) is 5.01 Å². The highest BCUT2D eigenvalue weighted by molar-refractivity contribution is 7.15. The largest absolute Gasteiger partial charge is 0.469 e. The van der Waals surface area contributed by atoms with E-state index >= 15 is 0 Å². The predicted molar refractivity (Wildman–Crippen MR) is 92.9 cm³/mol. The quantitative estimate of drug-likeness (QED) is 0.556. The molecule has 128 valence electrons. The summed E-state index contributed by atoms with van der Waals surface area (Å²) in [5.74, 6) is -0.283. The van der Waals surface area contributed by atoms with E-state index in [1.807, 2.05) is 30.3 Å². The zero-order valence-corrected chi connectivity index (χ0v) is 14.5. The van der Waals surface area contributed by atoms with Crippen LogP contribution >= 0.6 is 11.3 Å². The molecular formula is C17H21N3O3S. The fourth-order valence-corrected chi connectivity index (χ4v) is 2.95. The smallest absolute Gasteiger partial charge is 0.305 e. The average molecular weight is 347 g/mol. The summed E-state index contributed by atoms with van der Waals surface area (Å²) in [6, 6.07) is 10.0. The van der Waals surface area contributed by atoms with Gasteiger partial charge in [-0.25, -0.2) is 0 Å². The molecule has 0 atom stereocenters. The van der Waals surface area contributed by atoms with Crippen molar-refractivity contribution in [3.63, 3.8) is 0 Å². The lowest BCUT2D eigenvalue weighted by Crippen LogP contribution is -2.10. The number of benzene rings is 1. The lowest BCUT2D eigenvalue weighted by atomic mass is 10.1. The van der Waals surface area contributed by atoms with Crippen molar-refractivity contribution in [2.75, 3.05) is 12.4 Å². The fourth-order valence-electron chi connectivity index (χ4n) is 2.16. The first-order valence-corrected chi connectivity index (χ1v) is 8.72. The van der Waals surface area contributed by atoms with E-state index in [1.165, 1.54) is 18.4 Å². The van der Waals surface area contributed by atoms with Crippen LogP contribution in [0.2, 0.25) is 0 Å². The van der Waals surface area contributed by atoms with E-state index in [0.717, 1.165) is 29.8 Å². The molecule has 0 aliphatic carbocycles. The number of carbonyl (C=O) groups is 2. The molecule has 0 saturated carbocycles. The molecule has 2 rings (SSSR count). The van der Waals surface area contributed by atoms with Gasteiger partial charge in [0.15, 0.2) is 0 Å². The van der Waals surface area contributed by atoms with Crippen LogP contribution in [0.25, 0.3) is 0 Å². The Morgan fingerprint density at radius 2 is 1.83 bits per heavy atom. The first kappa shape index (κ1) is 18.1. The normalized spacial score (nSPS) is 10.4. The second-order valence-corrected chi connectivity index (χ2v) is 6.41. The number of hydrogen-bond acceptors (Lipinski definition) is 6. The fraction of sp³-hybridized carbons (Fsp3) is 0.412. The lowest BCUT2D eigenvalue weighted by Gasteiger charge is -2.01. The Morgan fingerprint density at radius 3 is 2.58 bits per heavy atom. The summed E-state index contributed by atoms with van der Waals surface area (Å²) in [6.07, 6.45) is 3.81. The van der Waals surface area contributed by atoms with Crippen molar-refractivity contribution in [3.05, 3.63) is 40.9 Å². The minimum atomic E-state index is -0.209. The van der Waals surface area contributed by atoms with Crippen molar-refractivity contribution in [2.45, 2.75) is 38.5 Å². The summed E-state index contributed by atoms with van der Waals surface area (Å²) in [5.41, 5.74) is 1.16. The number of amides is 1. The number of anilines is 1. The Hall–Kier alpha value is -2.28. The van der Waals surface area contributed by atoms with Gasteiger partial charge in [-0.1, -0.05) is 48.1 Å². The summed E-state index contributed by atoms with van der Waals surface area (Å²) < 4.78 is 4.57. The van der Waals surface area contributed by atoms with E-state index in [2.05, 4.69) is 20.3 Å². The Balaban J connectivity index is 1.68. The number of unbranched alkanes of at least 4 members (excludes halogenated alkanes) is 2. The van der Waals surface area contributed by atoms with Gasteiger partial charge in [0, 0.05) is 19.3 Å². The Kier molecular flexibility index (Phi) is 7.35. The van der Waals surface area contributed by atoms with Crippen LogP contribution in [0.3, 0.4) is 0 Å². The van der Waals surface area contributed by atoms with Crippen LogP contribution < -0.4 is 5.32 Å². The van der Waals surface area contributed by atoms with E-state index < -0.39 is 0 Å². The third-order valence-electron chi connectivity index (χ3n) is 3.42. The minimum Gasteiger partial charge on any atom is -0.469 e. The highest BCUT2D eigenvalue weighted by Crippen LogP contribution is 2.19. The van der Waals surface area contributed by atoms with Crippen molar-refractivity contribution in [1.29, 1.82) is 0 Å². The van der Waals surface area contributed by atoms with Crippen LogP contribution in [0.5, 0.6) is 0 Å². The molecule has 0 radical (unpaired) electrons. The number of nitrogens with zero attached hydrogens (tertiary/aromatic N) is 2. The molecule has 7 heteroatoms. The van der Waals surface area contributed by atoms with Crippen LogP contribution in [0.1, 0.15) is 42.7 Å². The van der Waals surface area contributed by atoms with Crippen molar-refractivity contribution in [3.8, 4) is 0 Å². The van der Waals surface area contributed by atoms with Crippen LogP contribution in [0.4, 0.5) is 5.13 Å². The molecule has 1 aromatic carbocycles. The molecular weight excluding hydrogens is 326 g/mol. The van der Waals surface area contributed by atoms with Crippen LogP contribution in [-0.4, -0.2) is 29.2 Å². The first-order valence-electron chi connectivity index (χ1n) is 7.90. The molecule has 0 unspecified atom stereocenters. The van der Waals surface area contributed by atoms with Gasteiger partial charge in [0.25, 0.3) is 0 Å². The third kappa shape index (κ3) is 6.45. The zero-order chi connectivity index (χ0) is 17.2. The molecule has 24 heavy (non-hydrogen) atoms. The van der Waals surface area contributed by atoms with E-state index in [4.69, 9.17) is 0 Å². The van der Waals surface area contributed by atoms with Crippen molar-refractivity contribution in [2.24, 2.45) is 0 Å². The molecule has 0 bridgehead atoms. The monoisotopic (exact) mass is 347 g/mol. The van der Waals surface area contributed by atoms with Crippen molar-refractivity contribution < 1.29 is 14.3 Å². The third-order valence-corrected chi connectivity index (χ3v) is 4.26. The zero-order valence-electron chi connectivity index (χ0n) is 13.7. The number of nitrogens with one attached hydrogen (secondary N) is 1. The number of rotatable bonds is 9. The number of ether oxygens (including phenoxy) is 1. The van der Waals surface area contributed by atoms with Gasteiger partial charge in [-0.2, -0.15) is 0 Å². The minimum absolute atomic E-state index is 0.0736. The van der Waals surface area contributed by atoms with Gasteiger partial charge in [-0.05, 0) is 18.4 Å². The standard InChI is InChI=1S/C17H21N3O3S/c1-23-16(22)11-7-3-6-10-14(21)18-17-20-19-15(24-17)12-13-8-4-2-5-9-13/h2,4-5,8-9H,3,6-7,10-12H2,1H3,(H,18,20,21). The Labute approximate surface area is 145 Å². The van der Waals surface area contributed by atoms with Crippen LogP contribution in [0, 0.1) is 0 Å². The number of methoxy groups -OCH3 is 1. The molecule has 1 heterocycles. The maximum atomic E-state index is 11.9. The summed E-state index contributed by atoms with van der Waals surface area (Å²) >= 11 is 1.39. The number of aromatic nitrogens is 2. The second-order valence-electron chi connectivity index (χ2n) is 5.35. The van der Waals surface area contributed by atoms with Gasteiger partial charge < -0.3 is 10.1 Å². The molecule has 1 N–H and O–H groups in total. The van der Waals surface area contributed by atoms with E-state index in [-0.39, 0.29) is 11.9 Å². The number of esters is 1.